The molecule has 0 bridgehead atoms. The monoisotopic (exact) mass is 312 g/mol. The molecule has 5 heteroatoms. The van der Waals surface area contributed by atoms with Crippen LogP contribution in [0.3, 0.4) is 0 Å². The Bertz CT molecular complexity index is 698. The Morgan fingerprint density at radius 2 is 1.78 bits per heavy atom. The van der Waals surface area contributed by atoms with Crippen LogP contribution in [0, 0.1) is 0 Å². The number of nitrogens with two attached hydrogens (primary N) is 1. The van der Waals surface area contributed by atoms with E-state index < -0.39 is 5.97 Å². The number of nitrogen functional groups attached to an aromatic ring is 1. The van der Waals surface area contributed by atoms with E-state index in [4.69, 9.17) is 10.5 Å². The molecule has 23 heavy (non-hydrogen) atoms. The first-order valence-electron chi connectivity index (χ1n) is 7.51. The molecule has 120 valence electrons. The zero-order valence-electron chi connectivity index (χ0n) is 13.0. The van der Waals surface area contributed by atoms with Gasteiger partial charge >= 0.3 is 5.97 Å². The minimum Gasteiger partial charge on any atom is -0.462 e. The van der Waals surface area contributed by atoms with Crippen LogP contribution in [0.15, 0.2) is 48.5 Å². The summed E-state index contributed by atoms with van der Waals surface area (Å²) in [6.07, 6.45) is 0.825. The van der Waals surface area contributed by atoms with Crippen molar-refractivity contribution >= 4 is 23.3 Å². The highest BCUT2D eigenvalue weighted by Gasteiger charge is 2.14. The molecule has 0 aliphatic carbocycles. The van der Waals surface area contributed by atoms with E-state index in [1.807, 2.05) is 24.3 Å². The quantitative estimate of drug-likeness (QED) is 0.634. The van der Waals surface area contributed by atoms with Gasteiger partial charge in [-0.1, -0.05) is 30.3 Å². The fourth-order valence-corrected chi connectivity index (χ4v) is 2.20. The number of anilines is 2. The Labute approximate surface area is 135 Å². The Kier molecular flexibility index (Phi) is 5.74. The standard InChI is InChI=1S/C18H20N2O3/c1-2-23-18(22)14-8-4-6-10-16(14)20-17(21)12-11-13-7-3-5-9-15(13)19/h3-10H,2,11-12,19H2,1H3,(H,20,21). The maximum Gasteiger partial charge on any atom is 0.340 e. The van der Waals surface area contributed by atoms with Crippen molar-refractivity contribution in [2.45, 2.75) is 19.8 Å². The van der Waals surface area contributed by atoms with Gasteiger partial charge in [-0.2, -0.15) is 0 Å². The molecule has 0 saturated carbocycles. The lowest BCUT2D eigenvalue weighted by atomic mass is 10.1. The Morgan fingerprint density at radius 3 is 2.52 bits per heavy atom. The SMILES string of the molecule is CCOC(=O)c1ccccc1NC(=O)CCc1ccccc1N. The second kappa shape index (κ2) is 7.98. The molecule has 0 atom stereocenters. The molecule has 1 amide bonds. The van der Waals surface area contributed by atoms with Crippen LogP contribution in [-0.2, 0) is 16.0 Å². The van der Waals surface area contributed by atoms with Crippen molar-refractivity contribution in [2.24, 2.45) is 0 Å². The summed E-state index contributed by atoms with van der Waals surface area (Å²) < 4.78 is 4.99. The molecule has 0 saturated heterocycles. The molecule has 0 unspecified atom stereocenters. The van der Waals surface area contributed by atoms with Crippen molar-refractivity contribution in [1.82, 2.24) is 0 Å². The van der Waals surface area contributed by atoms with E-state index in [2.05, 4.69) is 5.32 Å². The van der Waals surface area contributed by atoms with E-state index in [-0.39, 0.29) is 18.9 Å². The Balaban J connectivity index is 2.01. The number of esters is 1. The molecule has 2 aromatic carbocycles. The maximum absolute atomic E-state index is 12.1. The van der Waals surface area contributed by atoms with Gasteiger partial charge in [0.2, 0.25) is 5.91 Å². The van der Waals surface area contributed by atoms with E-state index in [1.54, 1.807) is 31.2 Å². The van der Waals surface area contributed by atoms with Gasteiger partial charge in [-0.05, 0) is 37.1 Å². The number of amides is 1. The highest BCUT2D eigenvalue weighted by atomic mass is 16.5. The van der Waals surface area contributed by atoms with Crippen LogP contribution >= 0.6 is 0 Å². The van der Waals surface area contributed by atoms with E-state index in [1.165, 1.54) is 0 Å². The minimum absolute atomic E-state index is 0.176. The topological polar surface area (TPSA) is 81.4 Å². The number of rotatable bonds is 6. The molecular formula is C18H20N2O3. The molecule has 0 spiro atoms. The molecular weight excluding hydrogens is 292 g/mol. The third kappa shape index (κ3) is 4.57. The fourth-order valence-electron chi connectivity index (χ4n) is 2.20. The fraction of sp³-hybridized carbons (Fsp3) is 0.222. The van der Waals surface area contributed by atoms with Crippen LogP contribution in [-0.4, -0.2) is 18.5 Å². The van der Waals surface area contributed by atoms with Gasteiger partial charge in [-0.15, -0.1) is 0 Å². The number of ether oxygens (including phenoxy) is 1. The molecule has 2 rings (SSSR count). The van der Waals surface area contributed by atoms with Crippen molar-refractivity contribution in [3.8, 4) is 0 Å². The number of para-hydroxylation sites is 2. The highest BCUT2D eigenvalue weighted by Crippen LogP contribution is 2.18. The summed E-state index contributed by atoms with van der Waals surface area (Å²) in [6.45, 7) is 2.03. The number of carbonyl (C=O) groups excluding carboxylic acids is 2. The third-order valence-electron chi connectivity index (χ3n) is 3.37. The predicted octanol–water partition coefficient (Wildman–Crippen LogP) is 3.02. The van der Waals surface area contributed by atoms with Gasteiger partial charge in [-0.3, -0.25) is 4.79 Å². The lowest BCUT2D eigenvalue weighted by Crippen LogP contribution is -2.16. The van der Waals surface area contributed by atoms with Crippen molar-refractivity contribution in [3.63, 3.8) is 0 Å². The van der Waals surface area contributed by atoms with Gasteiger partial charge < -0.3 is 15.8 Å². The molecule has 0 radical (unpaired) electrons. The first kappa shape index (κ1) is 16.5. The van der Waals surface area contributed by atoms with E-state index in [0.717, 1.165) is 5.56 Å². The van der Waals surface area contributed by atoms with Crippen LogP contribution in [0.25, 0.3) is 0 Å². The van der Waals surface area contributed by atoms with Gasteiger partial charge in [0.1, 0.15) is 0 Å². The summed E-state index contributed by atoms with van der Waals surface area (Å²) in [7, 11) is 0. The zero-order chi connectivity index (χ0) is 16.7. The van der Waals surface area contributed by atoms with Crippen LogP contribution in [0.4, 0.5) is 11.4 Å². The molecule has 3 N–H and O–H groups in total. The summed E-state index contributed by atoms with van der Waals surface area (Å²) in [6, 6.07) is 14.2. The smallest absolute Gasteiger partial charge is 0.340 e. The zero-order valence-corrected chi connectivity index (χ0v) is 13.0. The maximum atomic E-state index is 12.1. The van der Waals surface area contributed by atoms with E-state index >= 15 is 0 Å². The van der Waals surface area contributed by atoms with Gasteiger partial charge in [0.05, 0.1) is 17.9 Å². The average molecular weight is 312 g/mol. The largest absolute Gasteiger partial charge is 0.462 e. The van der Waals surface area contributed by atoms with Gasteiger partial charge in [-0.25, -0.2) is 4.79 Å². The summed E-state index contributed by atoms with van der Waals surface area (Å²) >= 11 is 0. The first-order chi connectivity index (χ1) is 11.1. The third-order valence-corrected chi connectivity index (χ3v) is 3.37. The van der Waals surface area contributed by atoms with Crippen molar-refractivity contribution in [3.05, 3.63) is 59.7 Å². The summed E-state index contributed by atoms with van der Waals surface area (Å²) in [5.74, 6) is -0.624. The van der Waals surface area contributed by atoms with Crippen LogP contribution in [0.2, 0.25) is 0 Å². The number of aryl methyl sites for hydroxylation is 1. The van der Waals surface area contributed by atoms with Gasteiger partial charge in [0.25, 0.3) is 0 Å². The second-order valence-corrected chi connectivity index (χ2v) is 5.01. The highest BCUT2D eigenvalue weighted by molar-refractivity contribution is 6.01. The predicted molar refractivity (Wildman–Crippen MR) is 90.2 cm³/mol. The number of benzene rings is 2. The van der Waals surface area contributed by atoms with Crippen LogP contribution in [0.1, 0.15) is 29.3 Å². The molecule has 5 nitrogen and oxygen atoms in total. The number of nitrogens with one attached hydrogen (secondary N) is 1. The van der Waals surface area contributed by atoms with Gasteiger partial charge in [0, 0.05) is 12.1 Å². The van der Waals surface area contributed by atoms with Crippen molar-refractivity contribution in [1.29, 1.82) is 0 Å². The lowest BCUT2D eigenvalue weighted by molar-refractivity contribution is -0.116. The van der Waals surface area contributed by atoms with Crippen LogP contribution in [0.5, 0.6) is 0 Å². The molecule has 0 heterocycles. The molecule has 2 aromatic rings. The van der Waals surface area contributed by atoms with E-state index in [9.17, 15) is 9.59 Å². The lowest BCUT2D eigenvalue weighted by Gasteiger charge is -2.10. The molecule has 0 aliphatic heterocycles. The summed E-state index contributed by atoms with van der Waals surface area (Å²) in [5.41, 5.74) is 8.27. The molecule has 0 aromatic heterocycles. The van der Waals surface area contributed by atoms with Gasteiger partial charge in [0.15, 0.2) is 0 Å². The number of hydrogen-bond acceptors (Lipinski definition) is 4. The summed E-state index contributed by atoms with van der Waals surface area (Å²) in [5, 5.41) is 2.76. The number of hydrogen-bond donors (Lipinski definition) is 2. The normalized spacial score (nSPS) is 10.1. The Hall–Kier alpha value is -2.82. The number of carbonyl (C=O) groups is 2. The average Bonchev–Trinajstić information content (AvgIpc) is 2.55. The molecule has 0 fully saturated rings. The van der Waals surface area contributed by atoms with Crippen molar-refractivity contribution < 1.29 is 14.3 Å². The second-order valence-electron chi connectivity index (χ2n) is 5.01. The molecule has 0 aliphatic rings. The van der Waals surface area contributed by atoms with E-state index in [0.29, 0.717) is 23.4 Å². The Morgan fingerprint density at radius 1 is 1.09 bits per heavy atom. The minimum atomic E-state index is -0.448. The van der Waals surface area contributed by atoms with Crippen LogP contribution < -0.4 is 11.1 Å². The van der Waals surface area contributed by atoms with Crippen molar-refractivity contribution in [2.75, 3.05) is 17.7 Å². The summed E-state index contributed by atoms with van der Waals surface area (Å²) in [4.78, 5) is 24.0. The first-order valence-corrected chi connectivity index (χ1v) is 7.51.